The predicted octanol–water partition coefficient (Wildman–Crippen LogP) is 4.42. The summed E-state index contributed by atoms with van der Waals surface area (Å²) in [5.41, 5.74) is 2.70. The molecule has 0 aliphatic heterocycles. The summed E-state index contributed by atoms with van der Waals surface area (Å²) >= 11 is 0. The molecule has 1 aromatic heterocycles. The molecule has 0 bridgehead atoms. The largest absolute Gasteiger partial charge is 0.344 e. The first-order valence-electron chi connectivity index (χ1n) is 8.12. The van der Waals surface area contributed by atoms with Crippen LogP contribution in [0.15, 0.2) is 36.4 Å². The molecule has 0 unspecified atom stereocenters. The van der Waals surface area contributed by atoms with Crippen LogP contribution >= 0.6 is 0 Å². The van der Waals surface area contributed by atoms with E-state index in [4.69, 9.17) is 0 Å². The first-order valence-corrected chi connectivity index (χ1v) is 15.1. The van der Waals surface area contributed by atoms with Crippen molar-refractivity contribution >= 4 is 48.3 Å². The van der Waals surface area contributed by atoms with Crippen LogP contribution in [0, 0.1) is 0 Å². The van der Waals surface area contributed by atoms with E-state index in [-0.39, 0.29) is 0 Å². The van der Waals surface area contributed by atoms with Crippen molar-refractivity contribution in [1.82, 2.24) is 4.57 Å². The van der Waals surface area contributed by atoms with Crippen molar-refractivity contribution in [2.45, 2.75) is 39.3 Å². The van der Waals surface area contributed by atoms with Gasteiger partial charge in [0.1, 0.15) is 0 Å². The minimum Gasteiger partial charge on any atom is -0.344 e. The molecule has 0 saturated carbocycles. The third-order valence-electron chi connectivity index (χ3n) is 4.74. The standard InChI is InChI=1S/C19H27NSi2/c1-20-18-10-8-14(21(2,3)4)12-16(18)17-13-15(22(5,6)7)9-11-19(17)20/h8-13H,1-7H3. The first-order chi connectivity index (χ1) is 10.1. The zero-order chi connectivity index (χ0) is 16.3. The lowest BCUT2D eigenvalue weighted by Crippen LogP contribution is -2.37. The topological polar surface area (TPSA) is 4.93 Å². The number of rotatable bonds is 2. The molecular formula is C19H27NSi2. The van der Waals surface area contributed by atoms with Crippen LogP contribution < -0.4 is 10.4 Å². The van der Waals surface area contributed by atoms with Gasteiger partial charge in [0.15, 0.2) is 0 Å². The number of nitrogens with zero attached hydrogens (tertiary/aromatic N) is 1. The summed E-state index contributed by atoms with van der Waals surface area (Å²) in [4.78, 5) is 0. The van der Waals surface area contributed by atoms with Crippen LogP contribution in [0.2, 0.25) is 39.3 Å². The van der Waals surface area contributed by atoms with Crippen molar-refractivity contribution in [3.8, 4) is 0 Å². The lowest BCUT2D eigenvalue weighted by atomic mass is 10.1. The van der Waals surface area contributed by atoms with Gasteiger partial charge in [0, 0.05) is 28.9 Å². The molecule has 1 nitrogen and oxygen atoms in total. The molecule has 3 rings (SSSR count). The van der Waals surface area contributed by atoms with Gasteiger partial charge in [-0.1, -0.05) is 73.9 Å². The Bertz CT molecular complexity index is 790. The lowest BCUT2D eigenvalue weighted by molar-refractivity contribution is 1.01. The molecule has 0 amide bonds. The van der Waals surface area contributed by atoms with E-state index < -0.39 is 16.1 Å². The Balaban J connectivity index is 2.38. The van der Waals surface area contributed by atoms with E-state index in [1.165, 1.54) is 21.8 Å². The molecule has 1 heterocycles. The molecule has 0 N–H and O–H groups in total. The fourth-order valence-corrected chi connectivity index (χ4v) is 5.47. The molecule has 2 aromatic carbocycles. The molecule has 116 valence electrons. The SMILES string of the molecule is Cn1c2ccc([Si](C)(C)C)cc2c2cc([Si](C)(C)C)ccc21. The number of hydrogen-bond donors (Lipinski definition) is 0. The van der Waals surface area contributed by atoms with E-state index in [2.05, 4.69) is 87.3 Å². The van der Waals surface area contributed by atoms with Crippen LogP contribution in [-0.2, 0) is 7.05 Å². The highest BCUT2D eigenvalue weighted by Crippen LogP contribution is 2.27. The van der Waals surface area contributed by atoms with Crippen molar-refractivity contribution < 1.29 is 0 Å². The van der Waals surface area contributed by atoms with E-state index in [9.17, 15) is 0 Å². The highest BCUT2D eigenvalue weighted by atomic mass is 28.3. The quantitative estimate of drug-likeness (QED) is 0.615. The summed E-state index contributed by atoms with van der Waals surface area (Å²) < 4.78 is 2.34. The third kappa shape index (κ3) is 2.46. The van der Waals surface area contributed by atoms with Crippen molar-refractivity contribution in [2.24, 2.45) is 7.05 Å². The number of aryl methyl sites for hydroxylation is 1. The zero-order valence-corrected chi connectivity index (χ0v) is 16.9. The van der Waals surface area contributed by atoms with Gasteiger partial charge in [-0.15, -0.1) is 0 Å². The predicted molar refractivity (Wildman–Crippen MR) is 106 cm³/mol. The maximum Gasteiger partial charge on any atom is 0.0776 e. The average Bonchev–Trinajstić information content (AvgIpc) is 2.70. The van der Waals surface area contributed by atoms with Gasteiger partial charge in [-0.2, -0.15) is 0 Å². The minimum absolute atomic E-state index is 1.28. The summed E-state index contributed by atoms with van der Waals surface area (Å²) in [6.45, 7) is 14.5. The maximum atomic E-state index is 2.46. The number of hydrogen-bond acceptors (Lipinski definition) is 0. The van der Waals surface area contributed by atoms with Crippen molar-refractivity contribution in [3.05, 3.63) is 36.4 Å². The Kier molecular flexibility index (Phi) is 3.42. The van der Waals surface area contributed by atoms with Crippen LogP contribution in [0.1, 0.15) is 0 Å². The molecule has 0 atom stereocenters. The second-order valence-corrected chi connectivity index (χ2v) is 18.7. The molecule has 0 saturated heterocycles. The number of benzene rings is 2. The summed E-state index contributed by atoms with van der Waals surface area (Å²) in [6.07, 6.45) is 0. The second-order valence-electron chi connectivity index (χ2n) is 8.52. The molecule has 0 spiro atoms. The molecule has 0 radical (unpaired) electrons. The third-order valence-corrected chi connectivity index (χ3v) is 8.82. The van der Waals surface area contributed by atoms with Gasteiger partial charge in [0.25, 0.3) is 0 Å². The van der Waals surface area contributed by atoms with Crippen molar-refractivity contribution in [1.29, 1.82) is 0 Å². The lowest BCUT2D eigenvalue weighted by Gasteiger charge is -2.17. The molecule has 3 heteroatoms. The number of aromatic nitrogens is 1. The highest BCUT2D eigenvalue weighted by molar-refractivity contribution is 6.89. The van der Waals surface area contributed by atoms with E-state index >= 15 is 0 Å². The van der Waals surface area contributed by atoms with Crippen LogP contribution in [-0.4, -0.2) is 20.7 Å². The summed E-state index contributed by atoms with van der Waals surface area (Å²) in [6, 6.07) is 14.2. The van der Waals surface area contributed by atoms with Gasteiger partial charge in [-0.3, -0.25) is 0 Å². The zero-order valence-electron chi connectivity index (χ0n) is 14.9. The van der Waals surface area contributed by atoms with Crippen LogP contribution in [0.3, 0.4) is 0 Å². The van der Waals surface area contributed by atoms with Gasteiger partial charge in [-0.25, -0.2) is 0 Å². The first kappa shape index (κ1) is 15.6. The average molecular weight is 326 g/mol. The van der Waals surface area contributed by atoms with Crippen molar-refractivity contribution in [2.75, 3.05) is 0 Å². The number of fused-ring (bicyclic) bond motifs is 3. The van der Waals surface area contributed by atoms with Gasteiger partial charge in [0.05, 0.1) is 16.1 Å². The smallest absolute Gasteiger partial charge is 0.0776 e. The maximum absolute atomic E-state index is 2.46. The Morgan fingerprint density at radius 2 is 1.00 bits per heavy atom. The monoisotopic (exact) mass is 325 g/mol. The molecule has 0 aliphatic rings. The van der Waals surface area contributed by atoms with E-state index in [0.717, 1.165) is 0 Å². The molecule has 0 fully saturated rings. The van der Waals surface area contributed by atoms with Crippen molar-refractivity contribution in [3.63, 3.8) is 0 Å². The van der Waals surface area contributed by atoms with Gasteiger partial charge in [0.2, 0.25) is 0 Å². The molecule has 3 aromatic rings. The molecule has 22 heavy (non-hydrogen) atoms. The van der Waals surface area contributed by atoms with Gasteiger partial charge < -0.3 is 4.57 Å². The Morgan fingerprint density at radius 3 is 1.32 bits per heavy atom. The fourth-order valence-electron chi connectivity index (χ4n) is 3.15. The Labute approximate surface area is 136 Å². The van der Waals surface area contributed by atoms with Crippen LogP contribution in [0.25, 0.3) is 21.8 Å². The normalized spacial score (nSPS) is 13.2. The summed E-state index contributed by atoms with van der Waals surface area (Å²) in [5.74, 6) is 0. The Morgan fingerprint density at radius 1 is 0.636 bits per heavy atom. The molecule has 0 aliphatic carbocycles. The summed E-state index contributed by atoms with van der Waals surface area (Å²) in [5, 5.41) is 5.95. The Hall–Kier alpha value is -1.33. The van der Waals surface area contributed by atoms with Gasteiger partial charge in [-0.05, 0) is 12.1 Å². The van der Waals surface area contributed by atoms with E-state index in [0.29, 0.717) is 0 Å². The minimum atomic E-state index is -1.28. The van der Waals surface area contributed by atoms with Gasteiger partial charge >= 0.3 is 0 Å². The second kappa shape index (κ2) is 4.83. The van der Waals surface area contributed by atoms with Crippen LogP contribution in [0.5, 0.6) is 0 Å². The fraction of sp³-hybridized carbons (Fsp3) is 0.368. The highest BCUT2D eigenvalue weighted by Gasteiger charge is 2.20. The van der Waals surface area contributed by atoms with E-state index in [1.807, 2.05) is 0 Å². The van der Waals surface area contributed by atoms with E-state index in [1.54, 1.807) is 10.4 Å². The summed E-state index contributed by atoms with van der Waals surface area (Å²) in [7, 11) is -0.371. The van der Waals surface area contributed by atoms with Crippen LogP contribution in [0.4, 0.5) is 0 Å². The molecular weight excluding hydrogens is 298 g/mol.